The van der Waals surface area contributed by atoms with E-state index in [2.05, 4.69) is 46.9 Å². The van der Waals surface area contributed by atoms with E-state index in [0.717, 1.165) is 35.6 Å². The molecule has 41 heavy (non-hydrogen) atoms. The van der Waals surface area contributed by atoms with E-state index in [1.807, 2.05) is 37.4 Å². The second-order valence-corrected chi connectivity index (χ2v) is 12.8. The highest BCUT2D eigenvalue weighted by Crippen LogP contribution is 2.32. The maximum Gasteiger partial charge on any atom is 0.412 e. The van der Waals surface area contributed by atoms with Gasteiger partial charge in [-0.05, 0) is 61.5 Å². The van der Waals surface area contributed by atoms with Gasteiger partial charge in [0.25, 0.3) is 5.91 Å². The summed E-state index contributed by atoms with van der Waals surface area (Å²) in [5.74, 6) is 0.240. The summed E-state index contributed by atoms with van der Waals surface area (Å²) in [6.45, 7) is 6.84. The van der Waals surface area contributed by atoms with Gasteiger partial charge in [-0.15, -0.1) is 0 Å². The van der Waals surface area contributed by atoms with E-state index in [4.69, 9.17) is 9.47 Å². The van der Waals surface area contributed by atoms with Crippen LogP contribution in [0.15, 0.2) is 40.4 Å². The zero-order valence-electron chi connectivity index (χ0n) is 23.4. The van der Waals surface area contributed by atoms with Crippen LogP contribution in [-0.2, 0) is 23.1 Å². The topological polar surface area (TPSA) is 140 Å². The molecule has 0 bridgehead atoms. The Morgan fingerprint density at radius 3 is 2.59 bits per heavy atom. The second-order valence-electron chi connectivity index (χ2n) is 10.6. The van der Waals surface area contributed by atoms with Crippen LogP contribution in [0.4, 0.5) is 26.1 Å². The molecular formula is C27H34BrN7O5S. The molecule has 1 aromatic carbocycles. The van der Waals surface area contributed by atoms with Crippen molar-refractivity contribution in [1.82, 2.24) is 20.1 Å². The first-order chi connectivity index (χ1) is 19.5. The van der Waals surface area contributed by atoms with Gasteiger partial charge >= 0.3 is 12.2 Å². The molecule has 3 amide bonds. The maximum atomic E-state index is 13.3. The number of carbonyl (C=O) groups is 3. The van der Waals surface area contributed by atoms with Crippen molar-refractivity contribution in [1.29, 1.82) is 0 Å². The number of alkyl carbamates (subject to hydrolysis) is 1. The number of halogens is 1. The van der Waals surface area contributed by atoms with Gasteiger partial charge in [0.05, 0.1) is 6.20 Å². The molecule has 12 nitrogen and oxygen atoms in total. The van der Waals surface area contributed by atoms with Crippen molar-refractivity contribution in [3.63, 3.8) is 0 Å². The largest absolute Gasteiger partial charge is 0.445 e. The molecule has 4 rings (SSSR count). The monoisotopic (exact) mass is 647 g/mol. The van der Waals surface area contributed by atoms with E-state index in [0.29, 0.717) is 29.1 Å². The van der Waals surface area contributed by atoms with E-state index in [9.17, 15) is 14.4 Å². The first-order valence-electron chi connectivity index (χ1n) is 13.2. The standard InChI is InChI=1S/C27H34BrN7O5S/c1-27(2,3)40-26(38)33-22-20(32-24(28)41-22)21(36)31-19-15-29-34(4)23(19)35-13-8-11-18(12-14-35)30-25(37)39-16-17-9-6-5-7-10-17/h5-7,9-10,15,18H,8,11-14,16H2,1-4H3,(H,30,37)(H,31,36)(H,33,38)/t18-/m0/s1. The van der Waals surface area contributed by atoms with Gasteiger partial charge in [0.15, 0.2) is 15.4 Å². The normalized spacial score (nSPS) is 15.5. The molecule has 1 aliphatic rings. The molecule has 0 saturated carbocycles. The van der Waals surface area contributed by atoms with Crippen LogP contribution in [0.3, 0.4) is 0 Å². The predicted octanol–water partition coefficient (Wildman–Crippen LogP) is 5.52. The Morgan fingerprint density at radius 2 is 1.85 bits per heavy atom. The van der Waals surface area contributed by atoms with Crippen molar-refractivity contribution in [3.8, 4) is 0 Å². The van der Waals surface area contributed by atoms with E-state index in [-0.39, 0.29) is 23.3 Å². The second kappa shape index (κ2) is 13.3. The Labute approximate surface area is 250 Å². The van der Waals surface area contributed by atoms with E-state index >= 15 is 0 Å². The minimum absolute atomic E-state index is 0.0385. The van der Waals surface area contributed by atoms with Crippen molar-refractivity contribution in [2.45, 2.75) is 58.3 Å². The molecule has 220 valence electrons. The Kier molecular flexibility index (Phi) is 9.86. The van der Waals surface area contributed by atoms with Crippen LogP contribution >= 0.6 is 27.3 Å². The van der Waals surface area contributed by atoms with Gasteiger partial charge in [-0.25, -0.2) is 14.6 Å². The number of thiazole rings is 1. The molecule has 0 aliphatic carbocycles. The third-order valence-electron chi connectivity index (χ3n) is 6.15. The number of aromatic nitrogens is 3. The molecule has 14 heteroatoms. The Bertz CT molecular complexity index is 1370. The molecule has 0 radical (unpaired) electrons. The van der Waals surface area contributed by atoms with Gasteiger partial charge in [0.1, 0.15) is 22.9 Å². The summed E-state index contributed by atoms with van der Waals surface area (Å²) >= 11 is 4.41. The summed E-state index contributed by atoms with van der Waals surface area (Å²) in [5.41, 5.74) is 0.803. The molecule has 1 aliphatic heterocycles. The highest BCUT2D eigenvalue weighted by molar-refractivity contribution is 9.11. The SMILES string of the molecule is Cn1ncc(NC(=O)c2nc(Br)sc2NC(=O)OC(C)(C)C)c1N1CCC[C@H](NC(=O)OCc2ccccc2)CC1. The Balaban J connectivity index is 1.37. The summed E-state index contributed by atoms with van der Waals surface area (Å²) in [6.07, 6.45) is 2.78. The molecule has 1 atom stereocenters. The molecule has 0 unspecified atom stereocenters. The van der Waals surface area contributed by atoms with E-state index < -0.39 is 23.7 Å². The summed E-state index contributed by atoms with van der Waals surface area (Å²) in [5, 5.41) is 13.1. The number of hydrogen-bond acceptors (Lipinski definition) is 9. The van der Waals surface area contributed by atoms with Gasteiger partial charge < -0.3 is 25.0 Å². The summed E-state index contributed by atoms with van der Waals surface area (Å²) in [6, 6.07) is 9.50. The number of carbonyl (C=O) groups excluding carboxylic acids is 3. The van der Waals surface area contributed by atoms with E-state index in [1.165, 1.54) is 0 Å². The molecule has 1 fully saturated rings. The van der Waals surface area contributed by atoms with Crippen LogP contribution in [-0.4, -0.2) is 57.6 Å². The average molecular weight is 649 g/mol. The van der Waals surface area contributed by atoms with Crippen LogP contribution in [0, 0.1) is 0 Å². The Hall–Kier alpha value is -3.65. The lowest BCUT2D eigenvalue weighted by Gasteiger charge is -2.24. The minimum atomic E-state index is -0.691. The zero-order valence-corrected chi connectivity index (χ0v) is 25.8. The van der Waals surface area contributed by atoms with Crippen molar-refractivity contribution >= 4 is 61.9 Å². The number of anilines is 3. The number of nitrogens with one attached hydrogen (secondary N) is 3. The lowest BCUT2D eigenvalue weighted by atomic mass is 10.1. The fraction of sp³-hybridized carbons (Fsp3) is 0.444. The van der Waals surface area contributed by atoms with Crippen LogP contribution in [0.2, 0.25) is 0 Å². The summed E-state index contributed by atoms with van der Waals surface area (Å²) < 4.78 is 12.8. The molecule has 1 saturated heterocycles. The highest BCUT2D eigenvalue weighted by Gasteiger charge is 2.27. The lowest BCUT2D eigenvalue weighted by Crippen LogP contribution is -2.36. The van der Waals surface area contributed by atoms with Crippen LogP contribution in [0.1, 0.15) is 56.1 Å². The van der Waals surface area contributed by atoms with Crippen molar-refractivity contribution in [2.24, 2.45) is 7.05 Å². The van der Waals surface area contributed by atoms with Crippen LogP contribution in [0.25, 0.3) is 0 Å². The van der Waals surface area contributed by atoms with E-state index in [1.54, 1.807) is 31.6 Å². The summed E-state index contributed by atoms with van der Waals surface area (Å²) in [4.78, 5) is 44.3. The molecule has 2 aromatic heterocycles. The fourth-order valence-corrected chi connectivity index (χ4v) is 5.73. The van der Waals surface area contributed by atoms with Gasteiger partial charge in [0, 0.05) is 26.2 Å². The van der Waals surface area contributed by atoms with Crippen molar-refractivity contribution in [3.05, 3.63) is 51.7 Å². The molecule has 0 spiro atoms. The van der Waals surface area contributed by atoms with Crippen LogP contribution in [0.5, 0.6) is 0 Å². The number of nitrogens with zero attached hydrogens (tertiary/aromatic N) is 4. The number of rotatable bonds is 7. The number of amides is 3. The average Bonchev–Trinajstić information content (AvgIpc) is 3.35. The molecule has 3 aromatic rings. The third kappa shape index (κ3) is 8.67. The van der Waals surface area contributed by atoms with Gasteiger partial charge in [-0.3, -0.25) is 14.8 Å². The molecular weight excluding hydrogens is 614 g/mol. The smallest absolute Gasteiger partial charge is 0.412 e. The highest BCUT2D eigenvalue weighted by atomic mass is 79.9. The van der Waals surface area contributed by atoms with Crippen molar-refractivity contribution < 1.29 is 23.9 Å². The first kappa shape index (κ1) is 30.3. The summed E-state index contributed by atoms with van der Waals surface area (Å²) in [7, 11) is 1.81. The van der Waals surface area contributed by atoms with Gasteiger partial charge in [-0.1, -0.05) is 41.7 Å². The number of ether oxygens (including phenoxy) is 2. The quantitative estimate of drug-likeness (QED) is 0.304. The minimum Gasteiger partial charge on any atom is -0.445 e. The van der Waals surface area contributed by atoms with Crippen LogP contribution < -0.4 is 20.9 Å². The first-order valence-corrected chi connectivity index (χ1v) is 14.8. The fourth-order valence-electron chi connectivity index (χ4n) is 4.39. The number of benzene rings is 1. The number of aryl methyl sites for hydroxylation is 1. The zero-order chi connectivity index (χ0) is 29.6. The van der Waals surface area contributed by atoms with Gasteiger partial charge in [0.2, 0.25) is 0 Å². The number of hydrogen-bond donors (Lipinski definition) is 3. The Morgan fingerprint density at radius 1 is 1.10 bits per heavy atom. The van der Waals surface area contributed by atoms with Gasteiger partial charge in [-0.2, -0.15) is 5.10 Å². The maximum absolute atomic E-state index is 13.3. The molecule has 3 heterocycles. The predicted molar refractivity (Wildman–Crippen MR) is 160 cm³/mol. The lowest BCUT2D eigenvalue weighted by molar-refractivity contribution is 0.0636. The third-order valence-corrected chi connectivity index (χ3v) is 7.57. The van der Waals surface area contributed by atoms with Crippen molar-refractivity contribution in [2.75, 3.05) is 28.6 Å². The molecule has 3 N–H and O–H groups in total.